The van der Waals surface area contributed by atoms with Gasteiger partial charge in [-0.05, 0) is 40.5 Å². The number of aryl methyl sites for hydroxylation is 1. The molecule has 3 nitrogen and oxygen atoms in total. The maximum absolute atomic E-state index is 13.1. The third-order valence-electron chi connectivity index (χ3n) is 2.08. The molecule has 16 heavy (non-hydrogen) atoms. The molecule has 88 valence electrons. The smallest absolute Gasteiger partial charge is 0.252 e. The van der Waals surface area contributed by atoms with E-state index in [4.69, 9.17) is 4.74 Å². The number of methoxy groups -OCH3 is 1. The number of nitrogens with one attached hydrogen (secondary N) is 1. The number of amides is 1. The van der Waals surface area contributed by atoms with Gasteiger partial charge < -0.3 is 10.1 Å². The molecule has 0 spiro atoms. The fourth-order valence-corrected chi connectivity index (χ4v) is 1.69. The van der Waals surface area contributed by atoms with E-state index in [1.807, 2.05) is 0 Å². The summed E-state index contributed by atoms with van der Waals surface area (Å²) in [5.41, 5.74) is 0.870. The number of benzene rings is 1. The molecule has 0 aliphatic carbocycles. The number of hydrogen-bond acceptors (Lipinski definition) is 2. The van der Waals surface area contributed by atoms with Crippen molar-refractivity contribution in [3.8, 4) is 0 Å². The Morgan fingerprint density at radius 1 is 1.56 bits per heavy atom. The molecule has 1 rings (SSSR count). The molecule has 1 amide bonds. The van der Waals surface area contributed by atoms with Crippen LogP contribution in [0.25, 0.3) is 0 Å². The van der Waals surface area contributed by atoms with Crippen LogP contribution in [0.15, 0.2) is 16.6 Å². The number of ether oxygens (including phenoxy) is 1. The summed E-state index contributed by atoms with van der Waals surface area (Å²) in [6.45, 7) is 2.50. The quantitative estimate of drug-likeness (QED) is 0.864. The number of carbonyl (C=O) groups excluding carboxylic acids is 1. The first kappa shape index (κ1) is 13.1. The molecule has 0 aliphatic rings. The van der Waals surface area contributed by atoms with Crippen molar-refractivity contribution < 1.29 is 13.9 Å². The molecule has 1 N–H and O–H groups in total. The molecule has 0 unspecified atom stereocenters. The molecule has 0 radical (unpaired) electrons. The number of hydrogen-bond donors (Lipinski definition) is 1. The highest BCUT2D eigenvalue weighted by Gasteiger charge is 2.12. The van der Waals surface area contributed by atoms with Gasteiger partial charge in [-0.3, -0.25) is 4.79 Å². The zero-order valence-corrected chi connectivity index (χ0v) is 10.7. The van der Waals surface area contributed by atoms with E-state index in [1.165, 1.54) is 12.1 Å². The van der Waals surface area contributed by atoms with Crippen molar-refractivity contribution in [2.24, 2.45) is 0 Å². The van der Waals surface area contributed by atoms with Crippen LogP contribution in [0.5, 0.6) is 0 Å². The molecule has 0 bridgehead atoms. The summed E-state index contributed by atoms with van der Waals surface area (Å²) in [7, 11) is 1.56. The van der Waals surface area contributed by atoms with E-state index >= 15 is 0 Å². The van der Waals surface area contributed by atoms with Crippen LogP contribution in [-0.2, 0) is 4.74 Å². The molecule has 1 aromatic carbocycles. The minimum Gasteiger partial charge on any atom is -0.383 e. The van der Waals surface area contributed by atoms with E-state index in [0.29, 0.717) is 28.8 Å². The van der Waals surface area contributed by atoms with Crippen molar-refractivity contribution in [1.29, 1.82) is 0 Å². The number of halogens is 2. The Hall–Kier alpha value is -0.940. The van der Waals surface area contributed by atoms with Crippen LogP contribution >= 0.6 is 15.9 Å². The first-order valence-electron chi connectivity index (χ1n) is 4.79. The second-order valence-electron chi connectivity index (χ2n) is 3.33. The molecule has 0 fully saturated rings. The van der Waals surface area contributed by atoms with Gasteiger partial charge in [0, 0.05) is 18.1 Å². The van der Waals surface area contributed by atoms with Crippen molar-refractivity contribution in [3.63, 3.8) is 0 Å². The fourth-order valence-electron chi connectivity index (χ4n) is 1.19. The van der Waals surface area contributed by atoms with Gasteiger partial charge in [-0.2, -0.15) is 0 Å². The van der Waals surface area contributed by atoms with Crippen LogP contribution in [0.1, 0.15) is 15.9 Å². The zero-order valence-electron chi connectivity index (χ0n) is 9.14. The van der Waals surface area contributed by atoms with E-state index < -0.39 is 0 Å². The largest absolute Gasteiger partial charge is 0.383 e. The summed E-state index contributed by atoms with van der Waals surface area (Å²) in [6, 6.07) is 2.81. The lowest BCUT2D eigenvalue weighted by Crippen LogP contribution is -2.27. The highest BCUT2D eigenvalue weighted by Crippen LogP contribution is 2.20. The van der Waals surface area contributed by atoms with Gasteiger partial charge in [-0.1, -0.05) is 0 Å². The van der Waals surface area contributed by atoms with Crippen molar-refractivity contribution in [2.45, 2.75) is 6.92 Å². The predicted octanol–water partition coefficient (Wildman–Crippen LogP) is 2.27. The Kier molecular flexibility index (Phi) is 4.89. The lowest BCUT2D eigenvalue weighted by atomic mass is 10.1. The van der Waals surface area contributed by atoms with E-state index in [1.54, 1.807) is 14.0 Å². The summed E-state index contributed by atoms with van der Waals surface area (Å²) < 4.78 is 18.4. The molecule has 1 aromatic rings. The van der Waals surface area contributed by atoms with Gasteiger partial charge >= 0.3 is 0 Å². The fraction of sp³-hybridized carbons (Fsp3) is 0.364. The Morgan fingerprint density at radius 3 is 2.88 bits per heavy atom. The van der Waals surface area contributed by atoms with Gasteiger partial charge in [0.15, 0.2) is 0 Å². The number of carbonyl (C=O) groups is 1. The van der Waals surface area contributed by atoms with Gasteiger partial charge in [-0.15, -0.1) is 0 Å². The summed E-state index contributed by atoms with van der Waals surface area (Å²) >= 11 is 3.16. The molecule has 0 aromatic heterocycles. The van der Waals surface area contributed by atoms with Crippen molar-refractivity contribution in [1.82, 2.24) is 5.32 Å². The maximum Gasteiger partial charge on any atom is 0.252 e. The summed E-state index contributed by atoms with van der Waals surface area (Å²) in [5.74, 6) is -0.577. The van der Waals surface area contributed by atoms with Crippen LogP contribution < -0.4 is 5.32 Å². The summed E-state index contributed by atoms with van der Waals surface area (Å²) in [5, 5.41) is 2.67. The van der Waals surface area contributed by atoms with Gasteiger partial charge in [0.05, 0.1) is 12.2 Å². The van der Waals surface area contributed by atoms with E-state index in [0.717, 1.165) is 0 Å². The molecular formula is C11H13BrFNO2. The lowest BCUT2D eigenvalue weighted by molar-refractivity contribution is 0.0936. The molecule has 0 saturated carbocycles. The van der Waals surface area contributed by atoms with E-state index in [9.17, 15) is 9.18 Å². The Bertz CT molecular complexity index is 396. The zero-order chi connectivity index (χ0) is 12.1. The highest BCUT2D eigenvalue weighted by atomic mass is 79.9. The van der Waals surface area contributed by atoms with Gasteiger partial charge in [-0.25, -0.2) is 4.39 Å². The van der Waals surface area contributed by atoms with E-state index in [2.05, 4.69) is 21.2 Å². The second kappa shape index (κ2) is 5.96. The maximum atomic E-state index is 13.1. The predicted molar refractivity (Wildman–Crippen MR) is 63.0 cm³/mol. The first-order chi connectivity index (χ1) is 7.56. The molecule has 0 heterocycles. The van der Waals surface area contributed by atoms with Gasteiger partial charge in [0.25, 0.3) is 5.91 Å². The van der Waals surface area contributed by atoms with Crippen LogP contribution in [0, 0.1) is 12.7 Å². The standard InChI is InChI=1S/C11H13BrFNO2/c1-7-5-8(9(12)6-10(7)13)11(15)14-3-4-16-2/h5-6H,3-4H2,1-2H3,(H,14,15). The SMILES string of the molecule is COCCNC(=O)c1cc(C)c(F)cc1Br. The summed E-state index contributed by atoms with van der Waals surface area (Å²) in [6.07, 6.45) is 0. The van der Waals surface area contributed by atoms with Gasteiger partial charge in [0.1, 0.15) is 5.82 Å². The van der Waals surface area contributed by atoms with Crippen molar-refractivity contribution >= 4 is 21.8 Å². The monoisotopic (exact) mass is 289 g/mol. The normalized spacial score (nSPS) is 10.2. The van der Waals surface area contributed by atoms with Crippen molar-refractivity contribution in [2.75, 3.05) is 20.3 Å². The van der Waals surface area contributed by atoms with E-state index in [-0.39, 0.29) is 11.7 Å². The Morgan fingerprint density at radius 2 is 2.25 bits per heavy atom. The average molecular weight is 290 g/mol. The minimum absolute atomic E-state index is 0.243. The molecule has 0 atom stereocenters. The highest BCUT2D eigenvalue weighted by molar-refractivity contribution is 9.10. The third kappa shape index (κ3) is 3.28. The van der Waals surface area contributed by atoms with Crippen molar-refractivity contribution in [3.05, 3.63) is 33.5 Å². The third-order valence-corrected chi connectivity index (χ3v) is 2.74. The topological polar surface area (TPSA) is 38.3 Å². The molecule has 0 aliphatic heterocycles. The first-order valence-corrected chi connectivity index (χ1v) is 5.58. The molecule has 0 saturated heterocycles. The summed E-state index contributed by atoms with van der Waals surface area (Å²) in [4.78, 5) is 11.7. The van der Waals surface area contributed by atoms with Crippen LogP contribution in [-0.4, -0.2) is 26.2 Å². The molecular weight excluding hydrogens is 277 g/mol. The van der Waals surface area contributed by atoms with Gasteiger partial charge in [0.2, 0.25) is 0 Å². The van der Waals surface area contributed by atoms with Crippen LogP contribution in [0.3, 0.4) is 0 Å². The molecule has 5 heteroatoms. The Labute approximate surface area is 102 Å². The second-order valence-corrected chi connectivity index (χ2v) is 4.18. The van der Waals surface area contributed by atoms with Crippen LogP contribution in [0.2, 0.25) is 0 Å². The lowest BCUT2D eigenvalue weighted by Gasteiger charge is -2.07. The minimum atomic E-state index is -0.333. The van der Waals surface area contributed by atoms with Crippen LogP contribution in [0.4, 0.5) is 4.39 Å². The average Bonchev–Trinajstić information content (AvgIpc) is 2.23. The number of rotatable bonds is 4. The Balaban J connectivity index is 2.79.